The van der Waals surface area contributed by atoms with Crippen molar-refractivity contribution in [2.45, 2.75) is 32.8 Å². The van der Waals surface area contributed by atoms with E-state index in [1.54, 1.807) is 9.80 Å². The third-order valence-corrected chi connectivity index (χ3v) is 4.99. The Bertz CT molecular complexity index is 970. The minimum absolute atomic E-state index is 0.0385. The van der Waals surface area contributed by atoms with Crippen molar-refractivity contribution in [3.05, 3.63) is 41.9 Å². The first-order valence-electron chi connectivity index (χ1n) is 9.88. The maximum absolute atomic E-state index is 13.8. The van der Waals surface area contributed by atoms with Crippen LogP contribution >= 0.6 is 0 Å². The number of halogens is 2. The highest BCUT2D eigenvalue weighted by atomic mass is 19.1. The molecule has 1 fully saturated rings. The summed E-state index contributed by atoms with van der Waals surface area (Å²) in [6.07, 6.45) is 0.357. The van der Waals surface area contributed by atoms with Gasteiger partial charge >= 0.3 is 5.97 Å². The van der Waals surface area contributed by atoms with Crippen LogP contribution in [0.15, 0.2) is 28.8 Å². The molecular weight excluding hydrogens is 412 g/mol. The Morgan fingerprint density at radius 1 is 1.16 bits per heavy atom. The Kier molecular flexibility index (Phi) is 6.98. The second kappa shape index (κ2) is 9.67. The number of ether oxygens (including phenoxy) is 1. The summed E-state index contributed by atoms with van der Waals surface area (Å²) >= 11 is 0. The van der Waals surface area contributed by atoms with Gasteiger partial charge in [-0.3, -0.25) is 14.4 Å². The summed E-state index contributed by atoms with van der Waals surface area (Å²) in [6, 6.07) is 3.09. The lowest BCUT2D eigenvalue weighted by molar-refractivity contribution is -0.160. The van der Waals surface area contributed by atoms with E-state index in [9.17, 15) is 23.2 Å². The zero-order valence-electron chi connectivity index (χ0n) is 17.3. The maximum atomic E-state index is 13.8. The van der Waals surface area contributed by atoms with Crippen LogP contribution in [0.3, 0.4) is 0 Å². The van der Waals surface area contributed by atoms with Crippen LogP contribution < -0.4 is 0 Å². The lowest BCUT2D eigenvalue weighted by Crippen LogP contribution is -2.52. The predicted octanol–water partition coefficient (Wildman–Crippen LogP) is 2.17. The summed E-state index contributed by atoms with van der Waals surface area (Å²) < 4.78 is 37.5. The molecule has 2 aromatic rings. The van der Waals surface area contributed by atoms with Crippen molar-refractivity contribution < 1.29 is 32.3 Å². The van der Waals surface area contributed by atoms with Gasteiger partial charge in [0.2, 0.25) is 5.91 Å². The number of hydrogen-bond acceptors (Lipinski definition) is 6. The third kappa shape index (κ3) is 5.65. The number of rotatable bonds is 6. The Morgan fingerprint density at radius 3 is 2.48 bits per heavy atom. The van der Waals surface area contributed by atoms with Crippen molar-refractivity contribution in [3.8, 4) is 11.3 Å². The summed E-state index contributed by atoms with van der Waals surface area (Å²) in [5, 5.41) is 0. The molecule has 1 unspecified atom stereocenters. The van der Waals surface area contributed by atoms with Gasteiger partial charge < -0.3 is 19.0 Å². The van der Waals surface area contributed by atoms with Crippen LogP contribution in [0, 0.1) is 11.6 Å². The Hall–Kier alpha value is -3.30. The molecule has 0 aliphatic carbocycles. The molecule has 1 aliphatic heterocycles. The van der Waals surface area contributed by atoms with E-state index < -0.39 is 23.7 Å². The molecule has 0 saturated carbocycles. The van der Waals surface area contributed by atoms with Crippen molar-refractivity contribution in [1.29, 1.82) is 0 Å². The zero-order valence-corrected chi connectivity index (χ0v) is 17.3. The molecule has 31 heavy (non-hydrogen) atoms. The number of hydrogen-bond donors (Lipinski definition) is 0. The van der Waals surface area contributed by atoms with Crippen molar-refractivity contribution in [2.75, 3.05) is 26.2 Å². The number of carbonyl (C=O) groups is 3. The number of benzene rings is 1. The van der Waals surface area contributed by atoms with E-state index in [1.165, 1.54) is 26.1 Å². The molecule has 10 heteroatoms. The molecule has 0 spiro atoms. The normalized spacial score (nSPS) is 15.0. The third-order valence-electron chi connectivity index (χ3n) is 4.99. The first-order chi connectivity index (χ1) is 14.7. The quantitative estimate of drug-likeness (QED) is 0.646. The molecule has 3 rings (SSSR count). The summed E-state index contributed by atoms with van der Waals surface area (Å²) in [4.78, 5) is 43.1. The molecule has 0 bridgehead atoms. The fraction of sp³-hybridized carbons (Fsp3) is 0.429. The van der Waals surface area contributed by atoms with Crippen molar-refractivity contribution >= 4 is 17.8 Å². The van der Waals surface area contributed by atoms with Gasteiger partial charge in [0.05, 0.1) is 18.2 Å². The van der Waals surface area contributed by atoms with Crippen LogP contribution in [0.2, 0.25) is 0 Å². The molecule has 1 atom stereocenters. The molecule has 166 valence electrons. The first kappa shape index (κ1) is 22.4. The number of carbonyl (C=O) groups excluding carboxylic acids is 3. The molecule has 1 aliphatic rings. The number of amides is 2. The smallest absolute Gasteiger partial charge is 0.307 e. The molecule has 0 N–H and O–H groups in total. The molecule has 1 aromatic heterocycles. The van der Waals surface area contributed by atoms with Crippen LogP contribution in [0.5, 0.6) is 0 Å². The number of oxazole rings is 1. The average molecular weight is 435 g/mol. The molecule has 1 saturated heterocycles. The summed E-state index contributed by atoms with van der Waals surface area (Å²) in [5.41, 5.74) is 0.0619. The second-order valence-corrected chi connectivity index (χ2v) is 7.21. The molecular formula is C21H23F2N3O5. The lowest BCUT2D eigenvalue weighted by atomic mass is 10.2. The van der Waals surface area contributed by atoms with Gasteiger partial charge in [-0.05, 0) is 19.1 Å². The molecule has 1 aromatic carbocycles. The van der Waals surface area contributed by atoms with Gasteiger partial charge in [0, 0.05) is 45.6 Å². The maximum Gasteiger partial charge on any atom is 0.307 e. The lowest BCUT2D eigenvalue weighted by Gasteiger charge is -2.35. The molecule has 2 heterocycles. The number of nitrogens with zero attached hydrogens (tertiary/aromatic N) is 3. The van der Waals surface area contributed by atoms with Gasteiger partial charge in [-0.2, -0.15) is 0 Å². The summed E-state index contributed by atoms with van der Waals surface area (Å²) in [7, 11) is 0. The molecule has 2 amide bonds. The first-order valence-corrected chi connectivity index (χ1v) is 9.88. The van der Waals surface area contributed by atoms with Gasteiger partial charge in [-0.15, -0.1) is 0 Å². The molecule has 8 nitrogen and oxygen atoms in total. The van der Waals surface area contributed by atoms with E-state index in [0.717, 1.165) is 12.1 Å². The van der Waals surface area contributed by atoms with Crippen molar-refractivity contribution in [1.82, 2.24) is 14.8 Å². The average Bonchev–Trinajstić information content (AvgIpc) is 3.20. The zero-order chi connectivity index (χ0) is 22.5. The fourth-order valence-corrected chi connectivity index (χ4v) is 3.25. The minimum atomic E-state index is -0.954. The highest BCUT2D eigenvalue weighted by Gasteiger charge is 2.27. The van der Waals surface area contributed by atoms with Crippen molar-refractivity contribution in [3.63, 3.8) is 0 Å². The van der Waals surface area contributed by atoms with E-state index in [1.807, 2.05) is 0 Å². The number of aromatic nitrogens is 1. The van der Waals surface area contributed by atoms with Gasteiger partial charge in [-0.1, -0.05) is 0 Å². The summed E-state index contributed by atoms with van der Waals surface area (Å²) in [5.74, 6) is -2.13. The SMILES string of the molecule is CC(=O)N1CCN(C(=O)C(C)OC(=O)CCc2ncc(-c3ccc(F)cc3F)o2)CC1. The van der Waals surface area contributed by atoms with Crippen LogP contribution in [-0.4, -0.2) is 64.9 Å². The standard InChI is InChI=1S/C21H23F2N3O5/c1-13(21(29)26-9-7-25(8-10-26)14(2)27)30-20(28)6-5-19-24-12-18(31-19)16-4-3-15(22)11-17(16)23/h3-4,11-13H,5-10H2,1-2H3. The van der Waals surface area contributed by atoms with Gasteiger partial charge in [0.25, 0.3) is 5.91 Å². The van der Waals surface area contributed by atoms with Crippen molar-refractivity contribution in [2.24, 2.45) is 0 Å². The second-order valence-electron chi connectivity index (χ2n) is 7.21. The van der Waals surface area contributed by atoms with E-state index >= 15 is 0 Å². The number of piperazine rings is 1. The Morgan fingerprint density at radius 2 is 1.84 bits per heavy atom. The molecule has 0 radical (unpaired) electrons. The largest absolute Gasteiger partial charge is 0.453 e. The monoisotopic (exact) mass is 435 g/mol. The highest BCUT2D eigenvalue weighted by molar-refractivity contribution is 5.84. The van der Waals surface area contributed by atoms with Crippen LogP contribution in [0.25, 0.3) is 11.3 Å². The number of aryl methyl sites for hydroxylation is 1. The summed E-state index contributed by atoms with van der Waals surface area (Å²) in [6.45, 7) is 4.65. The van der Waals surface area contributed by atoms with Crippen LogP contribution in [0.4, 0.5) is 8.78 Å². The van der Waals surface area contributed by atoms with Gasteiger partial charge in [-0.25, -0.2) is 13.8 Å². The Balaban J connectivity index is 1.47. The Labute approximate surface area is 177 Å². The van der Waals surface area contributed by atoms with E-state index in [4.69, 9.17) is 9.15 Å². The van der Waals surface area contributed by atoms with E-state index in [2.05, 4.69) is 4.98 Å². The van der Waals surface area contributed by atoms with Crippen LogP contribution in [0.1, 0.15) is 26.2 Å². The van der Waals surface area contributed by atoms with Crippen LogP contribution in [-0.2, 0) is 25.5 Å². The predicted molar refractivity (Wildman–Crippen MR) is 105 cm³/mol. The van der Waals surface area contributed by atoms with E-state index in [-0.39, 0.29) is 41.9 Å². The van der Waals surface area contributed by atoms with E-state index in [0.29, 0.717) is 26.2 Å². The minimum Gasteiger partial charge on any atom is -0.453 e. The fourth-order valence-electron chi connectivity index (χ4n) is 3.25. The highest BCUT2D eigenvalue weighted by Crippen LogP contribution is 2.24. The van der Waals surface area contributed by atoms with Gasteiger partial charge in [0.1, 0.15) is 11.6 Å². The topological polar surface area (TPSA) is 93.0 Å². The number of esters is 1. The van der Waals surface area contributed by atoms with Gasteiger partial charge in [0.15, 0.2) is 17.8 Å².